The van der Waals surface area contributed by atoms with Gasteiger partial charge in [-0.15, -0.1) is 0 Å². The summed E-state index contributed by atoms with van der Waals surface area (Å²) >= 11 is 0. The van der Waals surface area contributed by atoms with Gasteiger partial charge >= 0.3 is 0 Å². The summed E-state index contributed by atoms with van der Waals surface area (Å²) in [6, 6.07) is 18.6. The Balaban J connectivity index is 2.31. The molecule has 0 aromatic heterocycles. The highest BCUT2D eigenvalue weighted by atomic mass is 15.1. The van der Waals surface area contributed by atoms with Gasteiger partial charge in [-0.2, -0.15) is 0 Å². The van der Waals surface area contributed by atoms with Gasteiger partial charge in [0.1, 0.15) is 0 Å². The van der Waals surface area contributed by atoms with Gasteiger partial charge in [-0.1, -0.05) is 44.5 Å². The molecular weight excluding hydrogens is 340 g/mol. The lowest BCUT2D eigenvalue weighted by Crippen LogP contribution is -2.22. The largest absolute Gasteiger partial charge is 0.372 e. The minimum atomic E-state index is 0.464. The van der Waals surface area contributed by atoms with Gasteiger partial charge in [-0.25, -0.2) is 0 Å². The molecule has 28 heavy (non-hydrogen) atoms. The average molecular weight is 381 g/mol. The molecule has 0 fully saturated rings. The Labute approximate surface area is 173 Å². The van der Waals surface area contributed by atoms with Crippen molar-refractivity contribution in [3.05, 3.63) is 59.7 Å². The number of benzene rings is 2. The van der Waals surface area contributed by atoms with Crippen LogP contribution in [0.4, 0.5) is 11.4 Å². The van der Waals surface area contributed by atoms with Crippen LogP contribution < -0.4 is 9.80 Å². The fourth-order valence-electron chi connectivity index (χ4n) is 4.05. The van der Waals surface area contributed by atoms with Crippen LogP contribution in [0.1, 0.15) is 71.4 Å². The van der Waals surface area contributed by atoms with Crippen LogP contribution in [0, 0.1) is 5.92 Å². The van der Waals surface area contributed by atoms with Crippen LogP contribution in [0.5, 0.6) is 0 Å². The normalized spacial score (nSPS) is 12.2. The van der Waals surface area contributed by atoms with Crippen molar-refractivity contribution < 1.29 is 0 Å². The molecule has 0 spiro atoms. The van der Waals surface area contributed by atoms with Gasteiger partial charge in [0, 0.05) is 43.5 Å². The molecule has 2 rings (SSSR count). The summed E-state index contributed by atoms with van der Waals surface area (Å²) in [5.74, 6) is 1.18. The molecule has 0 radical (unpaired) electrons. The third-order valence-corrected chi connectivity index (χ3v) is 6.18. The summed E-state index contributed by atoms with van der Waals surface area (Å²) in [5, 5.41) is 0. The molecule has 2 heteroatoms. The first kappa shape index (κ1) is 22.3. The lowest BCUT2D eigenvalue weighted by atomic mass is 9.83. The smallest absolute Gasteiger partial charge is 0.0366 e. The zero-order valence-corrected chi connectivity index (χ0v) is 18.9. The molecule has 2 aromatic rings. The monoisotopic (exact) mass is 380 g/mol. The topological polar surface area (TPSA) is 6.48 Å². The van der Waals surface area contributed by atoms with Crippen molar-refractivity contribution in [2.75, 3.05) is 36.0 Å². The van der Waals surface area contributed by atoms with Crippen LogP contribution in [-0.2, 0) is 0 Å². The molecule has 0 saturated heterocycles. The Morgan fingerprint density at radius 1 is 0.607 bits per heavy atom. The zero-order chi connectivity index (χ0) is 20.5. The third kappa shape index (κ3) is 5.53. The molecule has 0 saturated carbocycles. The van der Waals surface area contributed by atoms with Gasteiger partial charge in [0.05, 0.1) is 0 Å². The SMILES string of the molecule is CCC(C)CC(c1ccc(N(CC)CC)cc1)c1ccc(N(CC)CC)cc1. The van der Waals surface area contributed by atoms with Crippen LogP contribution in [0.25, 0.3) is 0 Å². The van der Waals surface area contributed by atoms with E-state index in [1.54, 1.807) is 0 Å². The standard InChI is InChI=1S/C26H40N2/c1-7-21(6)20-26(22-12-16-24(17-13-22)27(8-2)9-3)23-14-18-25(19-15-23)28(10-4)11-5/h12-19,21,26H,7-11,20H2,1-6H3. The summed E-state index contributed by atoms with van der Waals surface area (Å²) in [4.78, 5) is 4.82. The maximum absolute atomic E-state index is 2.41. The number of hydrogen-bond donors (Lipinski definition) is 0. The van der Waals surface area contributed by atoms with Gasteiger partial charge in [0.2, 0.25) is 0 Å². The maximum atomic E-state index is 2.41. The van der Waals surface area contributed by atoms with Crippen molar-refractivity contribution in [3.63, 3.8) is 0 Å². The van der Waals surface area contributed by atoms with Gasteiger partial charge in [0.25, 0.3) is 0 Å². The fraction of sp³-hybridized carbons (Fsp3) is 0.538. The number of nitrogens with zero attached hydrogens (tertiary/aromatic N) is 2. The Hall–Kier alpha value is -1.96. The summed E-state index contributed by atoms with van der Waals surface area (Å²) in [5.41, 5.74) is 5.53. The fourth-order valence-corrected chi connectivity index (χ4v) is 4.05. The number of anilines is 2. The number of hydrogen-bond acceptors (Lipinski definition) is 2. The third-order valence-electron chi connectivity index (χ3n) is 6.18. The predicted octanol–water partition coefficient (Wildman–Crippen LogP) is 6.95. The van der Waals surface area contributed by atoms with E-state index in [0.717, 1.165) is 32.1 Å². The van der Waals surface area contributed by atoms with E-state index in [4.69, 9.17) is 0 Å². The van der Waals surface area contributed by atoms with E-state index < -0.39 is 0 Å². The minimum Gasteiger partial charge on any atom is -0.372 e. The highest BCUT2D eigenvalue weighted by Gasteiger charge is 2.18. The van der Waals surface area contributed by atoms with E-state index in [1.165, 1.54) is 35.3 Å². The second kappa shape index (κ2) is 11.1. The van der Waals surface area contributed by atoms with Crippen LogP contribution in [0.15, 0.2) is 48.5 Å². The van der Waals surface area contributed by atoms with E-state index in [0.29, 0.717) is 5.92 Å². The highest BCUT2D eigenvalue weighted by molar-refractivity contribution is 5.51. The lowest BCUT2D eigenvalue weighted by molar-refractivity contribution is 0.484. The highest BCUT2D eigenvalue weighted by Crippen LogP contribution is 2.34. The Morgan fingerprint density at radius 3 is 1.25 bits per heavy atom. The van der Waals surface area contributed by atoms with Gasteiger partial charge in [0.15, 0.2) is 0 Å². The minimum absolute atomic E-state index is 0.464. The Bertz CT molecular complexity index is 611. The number of rotatable bonds is 11. The second-order valence-corrected chi connectivity index (χ2v) is 7.83. The van der Waals surface area contributed by atoms with Crippen molar-refractivity contribution in [2.45, 2.75) is 60.3 Å². The molecule has 2 nitrogen and oxygen atoms in total. The van der Waals surface area contributed by atoms with Crippen molar-refractivity contribution in [3.8, 4) is 0 Å². The molecule has 0 aliphatic heterocycles. The quantitative estimate of drug-likeness (QED) is 0.416. The summed E-state index contributed by atoms with van der Waals surface area (Å²) < 4.78 is 0. The Morgan fingerprint density at radius 2 is 0.964 bits per heavy atom. The molecule has 0 bridgehead atoms. The van der Waals surface area contributed by atoms with Crippen LogP contribution >= 0.6 is 0 Å². The molecule has 0 aliphatic rings. The van der Waals surface area contributed by atoms with Crippen molar-refractivity contribution in [2.24, 2.45) is 5.92 Å². The first-order chi connectivity index (χ1) is 13.6. The second-order valence-electron chi connectivity index (χ2n) is 7.83. The summed E-state index contributed by atoms with van der Waals surface area (Å²) in [6.45, 7) is 17.8. The molecule has 2 aromatic carbocycles. The van der Waals surface area contributed by atoms with Crippen LogP contribution in [0.3, 0.4) is 0 Å². The van der Waals surface area contributed by atoms with Crippen LogP contribution in [0.2, 0.25) is 0 Å². The molecule has 0 N–H and O–H groups in total. The molecule has 0 amide bonds. The summed E-state index contributed by atoms with van der Waals surface area (Å²) in [6.07, 6.45) is 2.43. The summed E-state index contributed by atoms with van der Waals surface area (Å²) in [7, 11) is 0. The molecule has 0 aliphatic carbocycles. The molecule has 154 valence electrons. The zero-order valence-electron chi connectivity index (χ0n) is 18.9. The van der Waals surface area contributed by atoms with E-state index in [9.17, 15) is 0 Å². The lowest BCUT2D eigenvalue weighted by Gasteiger charge is -2.25. The van der Waals surface area contributed by atoms with E-state index in [2.05, 4.69) is 99.9 Å². The average Bonchev–Trinajstić information content (AvgIpc) is 2.75. The van der Waals surface area contributed by atoms with E-state index in [1.807, 2.05) is 0 Å². The molecule has 1 unspecified atom stereocenters. The Kier molecular flexibility index (Phi) is 8.89. The van der Waals surface area contributed by atoms with Crippen molar-refractivity contribution in [1.29, 1.82) is 0 Å². The van der Waals surface area contributed by atoms with E-state index >= 15 is 0 Å². The van der Waals surface area contributed by atoms with Gasteiger partial charge in [-0.05, 0) is 75.4 Å². The first-order valence-corrected chi connectivity index (χ1v) is 11.3. The van der Waals surface area contributed by atoms with E-state index in [-0.39, 0.29) is 0 Å². The van der Waals surface area contributed by atoms with Gasteiger partial charge < -0.3 is 9.80 Å². The predicted molar refractivity (Wildman–Crippen MR) is 126 cm³/mol. The van der Waals surface area contributed by atoms with Crippen LogP contribution in [-0.4, -0.2) is 26.2 Å². The molecule has 1 atom stereocenters. The first-order valence-electron chi connectivity index (χ1n) is 11.3. The molecule has 0 heterocycles. The maximum Gasteiger partial charge on any atom is 0.0366 e. The van der Waals surface area contributed by atoms with Crippen molar-refractivity contribution in [1.82, 2.24) is 0 Å². The van der Waals surface area contributed by atoms with Gasteiger partial charge in [-0.3, -0.25) is 0 Å². The molecular formula is C26H40N2. The van der Waals surface area contributed by atoms with Crippen molar-refractivity contribution >= 4 is 11.4 Å².